The molecule has 7 nitrogen and oxygen atoms in total. The predicted molar refractivity (Wildman–Crippen MR) is 120 cm³/mol. The van der Waals surface area contributed by atoms with E-state index in [4.69, 9.17) is 16.3 Å². The fourth-order valence-electron chi connectivity index (χ4n) is 4.09. The third kappa shape index (κ3) is 4.82. The summed E-state index contributed by atoms with van der Waals surface area (Å²) in [6.45, 7) is 1.53. The minimum atomic E-state index is -3.92. The van der Waals surface area contributed by atoms with Crippen LogP contribution in [0, 0.1) is 0 Å². The number of nitrogens with zero attached hydrogens (tertiary/aromatic N) is 2. The van der Waals surface area contributed by atoms with Gasteiger partial charge in [0.05, 0.1) is 10.6 Å². The molecule has 2 aliphatic rings. The normalized spacial score (nSPS) is 17.0. The smallest absolute Gasteiger partial charge is 0.338 e. The maximum atomic E-state index is 13.3. The lowest BCUT2D eigenvalue weighted by Crippen LogP contribution is -2.38. The van der Waals surface area contributed by atoms with Crippen LogP contribution in [0.4, 0.5) is 0 Å². The Morgan fingerprint density at radius 2 is 1.69 bits per heavy atom. The van der Waals surface area contributed by atoms with E-state index in [1.165, 1.54) is 22.5 Å². The Bertz CT molecular complexity index is 1130. The number of carbonyl (C=O) groups is 2. The molecule has 4 rings (SSSR count). The Balaban J connectivity index is 1.48. The molecule has 2 aromatic carbocycles. The molecule has 1 saturated heterocycles. The van der Waals surface area contributed by atoms with Crippen LogP contribution in [0.5, 0.6) is 0 Å². The van der Waals surface area contributed by atoms with E-state index in [1.54, 1.807) is 4.90 Å². The monoisotopic (exact) mass is 476 g/mol. The molecule has 9 heteroatoms. The van der Waals surface area contributed by atoms with Crippen molar-refractivity contribution in [1.82, 2.24) is 9.21 Å². The van der Waals surface area contributed by atoms with Gasteiger partial charge in [-0.05, 0) is 55.0 Å². The summed E-state index contributed by atoms with van der Waals surface area (Å²) in [6, 6.07) is 11.7. The van der Waals surface area contributed by atoms with Gasteiger partial charge in [-0.3, -0.25) is 4.79 Å². The SMILES string of the molecule is O=C(OCC(=O)N1CCCCC1)c1ccc(Cl)c(S(=O)(=O)N2CCc3ccccc3C2)c1. The fourth-order valence-corrected chi connectivity index (χ4v) is 6.01. The van der Waals surface area contributed by atoms with Crippen LogP contribution in [0.15, 0.2) is 47.4 Å². The number of ether oxygens (including phenoxy) is 1. The van der Waals surface area contributed by atoms with E-state index >= 15 is 0 Å². The number of amides is 1. The number of halogens is 1. The van der Waals surface area contributed by atoms with Gasteiger partial charge in [-0.15, -0.1) is 0 Å². The predicted octanol–water partition coefficient (Wildman–Crippen LogP) is 3.26. The maximum absolute atomic E-state index is 13.3. The Labute approximate surface area is 193 Å². The summed E-state index contributed by atoms with van der Waals surface area (Å²) in [5.41, 5.74) is 2.11. The van der Waals surface area contributed by atoms with Gasteiger partial charge in [0.25, 0.3) is 5.91 Å². The zero-order valence-corrected chi connectivity index (χ0v) is 19.2. The van der Waals surface area contributed by atoms with Crippen LogP contribution in [0.25, 0.3) is 0 Å². The van der Waals surface area contributed by atoms with E-state index in [0.717, 1.165) is 30.4 Å². The summed E-state index contributed by atoms with van der Waals surface area (Å²) in [5, 5.41) is 0.0322. The molecule has 2 aliphatic heterocycles. The van der Waals surface area contributed by atoms with E-state index in [1.807, 2.05) is 24.3 Å². The van der Waals surface area contributed by atoms with Gasteiger partial charge in [-0.1, -0.05) is 35.9 Å². The second-order valence-electron chi connectivity index (χ2n) is 8.02. The molecule has 0 aromatic heterocycles. The number of fused-ring (bicyclic) bond motifs is 1. The van der Waals surface area contributed by atoms with Crippen LogP contribution in [0.1, 0.15) is 40.7 Å². The van der Waals surface area contributed by atoms with E-state index < -0.39 is 16.0 Å². The van der Waals surface area contributed by atoms with Gasteiger partial charge in [0.2, 0.25) is 10.0 Å². The van der Waals surface area contributed by atoms with Gasteiger partial charge in [-0.25, -0.2) is 13.2 Å². The fraction of sp³-hybridized carbons (Fsp3) is 0.391. The molecular weight excluding hydrogens is 452 g/mol. The standard InChI is InChI=1S/C23H25ClN2O5S/c24-20-9-8-18(23(28)31-16-22(27)25-11-4-1-5-12-25)14-21(20)32(29,30)26-13-10-17-6-2-3-7-19(17)15-26/h2-3,6-9,14H,1,4-5,10-13,15-16H2. The van der Waals surface area contributed by atoms with Crippen molar-refractivity contribution < 1.29 is 22.7 Å². The highest BCUT2D eigenvalue weighted by Gasteiger charge is 2.31. The second kappa shape index (κ2) is 9.60. The molecule has 2 heterocycles. The highest BCUT2D eigenvalue weighted by Crippen LogP contribution is 2.30. The average Bonchev–Trinajstić information content (AvgIpc) is 2.82. The first-order valence-corrected chi connectivity index (χ1v) is 12.5. The molecule has 0 radical (unpaired) electrons. The third-order valence-electron chi connectivity index (χ3n) is 5.92. The van der Waals surface area contributed by atoms with Crippen molar-refractivity contribution in [3.63, 3.8) is 0 Å². The molecule has 0 aliphatic carbocycles. The average molecular weight is 477 g/mol. The molecule has 1 fully saturated rings. The minimum Gasteiger partial charge on any atom is -0.452 e. The van der Waals surface area contributed by atoms with E-state index in [-0.39, 0.29) is 34.5 Å². The first-order valence-electron chi connectivity index (χ1n) is 10.7. The molecule has 32 heavy (non-hydrogen) atoms. The van der Waals surface area contributed by atoms with E-state index in [0.29, 0.717) is 26.1 Å². The lowest BCUT2D eigenvalue weighted by molar-refractivity contribution is -0.135. The van der Waals surface area contributed by atoms with Crippen LogP contribution in [-0.2, 0) is 32.5 Å². The van der Waals surface area contributed by atoms with Crippen LogP contribution < -0.4 is 0 Å². The number of hydrogen-bond donors (Lipinski definition) is 0. The van der Waals surface area contributed by atoms with Crippen molar-refractivity contribution in [1.29, 1.82) is 0 Å². The molecule has 0 unspecified atom stereocenters. The van der Waals surface area contributed by atoms with Gasteiger partial charge in [0.1, 0.15) is 4.90 Å². The van der Waals surface area contributed by atoms with Crippen LogP contribution in [-0.4, -0.2) is 55.7 Å². The van der Waals surface area contributed by atoms with Gasteiger partial charge >= 0.3 is 5.97 Å². The third-order valence-corrected chi connectivity index (χ3v) is 8.24. The summed E-state index contributed by atoms with van der Waals surface area (Å²) >= 11 is 6.22. The number of esters is 1. The minimum absolute atomic E-state index is 0.0322. The summed E-state index contributed by atoms with van der Waals surface area (Å²) in [4.78, 5) is 26.3. The first-order chi connectivity index (χ1) is 15.4. The quantitative estimate of drug-likeness (QED) is 0.618. The number of carbonyl (C=O) groups excluding carboxylic acids is 2. The van der Waals surface area contributed by atoms with Gasteiger partial charge in [0, 0.05) is 26.2 Å². The molecule has 0 bridgehead atoms. The Morgan fingerprint density at radius 3 is 2.44 bits per heavy atom. The number of hydrogen-bond acceptors (Lipinski definition) is 5. The van der Waals surface area contributed by atoms with Crippen LogP contribution in [0.3, 0.4) is 0 Å². The number of piperidine rings is 1. The van der Waals surface area contributed by atoms with Crippen molar-refractivity contribution in [2.45, 2.75) is 37.1 Å². The van der Waals surface area contributed by atoms with Crippen molar-refractivity contribution >= 4 is 33.5 Å². The van der Waals surface area contributed by atoms with Gasteiger partial charge in [0.15, 0.2) is 6.61 Å². The Kier molecular flexibility index (Phi) is 6.83. The lowest BCUT2D eigenvalue weighted by atomic mass is 10.0. The number of sulfonamides is 1. The van der Waals surface area contributed by atoms with Crippen molar-refractivity contribution in [2.24, 2.45) is 0 Å². The number of rotatable bonds is 5. The van der Waals surface area contributed by atoms with Crippen molar-refractivity contribution in [3.8, 4) is 0 Å². The lowest BCUT2D eigenvalue weighted by Gasteiger charge is -2.28. The zero-order valence-electron chi connectivity index (χ0n) is 17.6. The molecule has 0 atom stereocenters. The van der Waals surface area contributed by atoms with Crippen molar-refractivity contribution in [2.75, 3.05) is 26.2 Å². The Hall–Kier alpha value is -2.42. The summed E-state index contributed by atoms with van der Waals surface area (Å²) < 4.78 is 33.1. The molecule has 1 amide bonds. The summed E-state index contributed by atoms with van der Waals surface area (Å²) in [5.74, 6) is -1.00. The van der Waals surface area contributed by atoms with Gasteiger partial charge < -0.3 is 9.64 Å². The second-order valence-corrected chi connectivity index (χ2v) is 10.3. The van der Waals surface area contributed by atoms with E-state index in [2.05, 4.69) is 0 Å². The van der Waals surface area contributed by atoms with E-state index in [9.17, 15) is 18.0 Å². The molecule has 0 spiro atoms. The molecule has 0 saturated carbocycles. The zero-order chi connectivity index (χ0) is 22.7. The summed E-state index contributed by atoms with van der Waals surface area (Å²) in [7, 11) is -3.92. The summed E-state index contributed by atoms with van der Waals surface area (Å²) in [6.07, 6.45) is 3.58. The number of likely N-dealkylation sites (tertiary alicyclic amines) is 1. The highest BCUT2D eigenvalue weighted by atomic mass is 35.5. The molecular formula is C23H25ClN2O5S. The Morgan fingerprint density at radius 1 is 0.969 bits per heavy atom. The molecule has 2 aromatic rings. The highest BCUT2D eigenvalue weighted by molar-refractivity contribution is 7.89. The molecule has 170 valence electrons. The first kappa shape index (κ1) is 22.8. The molecule has 0 N–H and O–H groups in total. The van der Waals surface area contributed by atoms with Gasteiger partial charge in [-0.2, -0.15) is 4.31 Å². The van der Waals surface area contributed by atoms with Crippen molar-refractivity contribution in [3.05, 3.63) is 64.2 Å². The number of benzene rings is 2. The topological polar surface area (TPSA) is 84.0 Å². The van der Waals surface area contributed by atoms with Crippen LogP contribution >= 0.6 is 11.6 Å². The van der Waals surface area contributed by atoms with Crippen LogP contribution in [0.2, 0.25) is 5.02 Å². The maximum Gasteiger partial charge on any atom is 0.338 e. The largest absolute Gasteiger partial charge is 0.452 e.